The molecule has 0 aliphatic carbocycles. The summed E-state index contributed by atoms with van der Waals surface area (Å²) < 4.78 is 36.8. The Morgan fingerprint density at radius 2 is 0.864 bits per heavy atom. The number of aromatic hydroxyl groups is 1. The largest absolute Gasteiger partial charge is 0.508 e. The third-order valence-corrected chi connectivity index (χ3v) is 11.7. The first-order valence-electron chi connectivity index (χ1n) is 26.7. The molecular formula is C54H88F3N9O15. The number of benzene rings is 1. The van der Waals surface area contributed by atoms with Crippen molar-refractivity contribution in [3.05, 3.63) is 29.8 Å². The van der Waals surface area contributed by atoms with Gasteiger partial charge in [-0.15, -0.1) is 0 Å². The highest BCUT2D eigenvalue weighted by Gasteiger charge is 2.39. The summed E-state index contributed by atoms with van der Waals surface area (Å²) in [5, 5.41) is 48.7. The number of phenols is 1. The number of rotatable bonds is 29. The third kappa shape index (κ3) is 28.4. The zero-order chi connectivity index (χ0) is 63.2. The van der Waals surface area contributed by atoms with Gasteiger partial charge in [-0.1, -0.05) is 81.4 Å². The van der Waals surface area contributed by atoms with Crippen molar-refractivity contribution in [1.29, 1.82) is 0 Å². The highest BCUT2D eigenvalue weighted by atomic mass is 19.4. The number of phenolic OH excluding ortho intramolecular Hbond substituents is 1. The van der Waals surface area contributed by atoms with Crippen LogP contribution in [-0.4, -0.2) is 153 Å². The highest BCUT2D eigenvalue weighted by molar-refractivity contribution is 6.36. The van der Waals surface area contributed by atoms with Crippen molar-refractivity contribution < 1.29 is 86.0 Å². The lowest BCUT2D eigenvalue weighted by Gasteiger charge is -2.30. The van der Waals surface area contributed by atoms with E-state index < -0.39 is 149 Å². The van der Waals surface area contributed by atoms with E-state index in [1.807, 2.05) is 13.8 Å². The predicted octanol–water partition coefficient (Wildman–Crippen LogP) is 1.56. The maximum absolute atomic E-state index is 14.3. The average molecular weight is 1160 g/mol. The minimum absolute atomic E-state index is 0.0494. The molecule has 0 saturated carbocycles. The fourth-order valence-electron chi connectivity index (χ4n) is 7.41. The van der Waals surface area contributed by atoms with Gasteiger partial charge in [0.05, 0.1) is 18.2 Å². The Balaban J connectivity index is 0.00000852. The Morgan fingerprint density at radius 1 is 0.506 bits per heavy atom. The van der Waals surface area contributed by atoms with E-state index in [1.165, 1.54) is 45.0 Å². The molecule has 24 nitrogen and oxygen atoms in total. The smallest absolute Gasteiger partial charge is 0.490 e. The number of hydrogen-bond donors (Lipinski definition) is 12. The number of ether oxygens (including phenoxy) is 1. The molecule has 0 spiro atoms. The summed E-state index contributed by atoms with van der Waals surface area (Å²) in [6.07, 6.45) is -6.32. The number of carbonyl (C=O) groups excluding carboxylic acids is 10. The number of Topliss-reactive ketones (excluding diaryl/α,β-unsaturated/α-hetero) is 1. The van der Waals surface area contributed by atoms with Gasteiger partial charge in [-0.2, -0.15) is 13.2 Å². The number of amides is 8. The minimum Gasteiger partial charge on any atom is -0.508 e. The number of hydrogen-bond acceptors (Lipinski definition) is 15. The molecule has 0 aliphatic heterocycles. The molecule has 0 unspecified atom stereocenters. The molecule has 1 rings (SSSR count). The number of aliphatic hydroxyl groups is 1. The van der Waals surface area contributed by atoms with Crippen molar-refractivity contribution in [3.8, 4) is 5.75 Å². The Kier molecular flexibility index (Phi) is 30.9. The zero-order valence-corrected chi connectivity index (χ0v) is 49.2. The second-order valence-electron chi connectivity index (χ2n) is 22.9. The molecule has 0 aliphatic rings. The van der Waals surface area contributed by atoms with Crippen LogP contribution in [0.5, 0.6) is 5.75 Å². The average Bonchev–Trinajstić information content (AvgIpc) is 3.31. The molecule has 0 fully saturated rings. The van der Waals surface area contributed by atoms with Crippen LogP contribution in [0, 0.1) is 29.6 Å². The number of nitrogens with two attached hydrogens (primary N) is 1. The fraction of sp³-hybridized carbons (Fsp3) is 0.685. The van der Waals surface area contributed by atoms with Gasteiger partial charge in [0.1, 0.15) is 53.6 Å². The molecule has 0 saturated heterocycles. The number of carboxylic acids is 1. The Hall–Kier alpha value is -6.90. The number of ketones is 1. The quantitative estimate of drug-likeness (QED) is 0.0400. The number of aliphatic hydroxyl groups excluding tert-OH is 1. The standard InChI is InChI=1S/C52H87N9O13.C2HF3O2/c1-25(2)21-35(53)44(66)60-40(29(9)10)49(71)57-37(23-27(5)6)47(69)61-41(32(13)62)50(72)58-38(24-33-17-19-34(63)20-18-33)46(68)56-36(22-26(3)4)45(67)55-31(12)43(65)59-39(28(7)8)48(70)54-30(11)42(64)51(73)74-52(14,15)16;3-2(4,5)1(6)7/h17-20,25-32,35-41,62-63H,21-24,53H2,1-16H3,(H,54,70)(H,55,67)(H,56,68)(H,57,71)(H,58,72)(H,59,65)(H,60,66)(H,61,69);(H,6,7)/t30-,31-,32+,35-,36-,37-,38-,39-,40-,41-;/m0./s1. The summed E-state index contributed by atoms with van der Waals surface area (Å²) in [5.74, 6) is -12.5. The van der Waals surface area contributed by atoms with E-state index in [2.05, 4.69) is 42.5 Å². The van der Waals surface area contributed by atoms with E-state index >= 15 is 0 Å². The molecule has 13 N–H and O–H groups in total. The number of nitrogens with one attached hydrogen (secondary N) is 8. The van der Waals surface area contributed by atoms with Crippen molar-refractivity contribution in [2.45, 2.75) is 209 Å². The van der Waals surface area contributed by atoms with E-state index in [9.17, 15) is 71.3 Å². The maximum atomic E-state index is 14.3. The van der Waals surface area contributed by atoms with Crippen LogP contribution < -0.4 is 48.3 Å². The number of esters is 1. The molecule has 1 aromatic carbocycles. The van der Waals surface area contributed by atoms with Crippen LogP contribution in [0.25, 0.3) is 0 Å². The van der Waals surface area contributed by atoms with Crippen molar-refractivity contribution in [2.24, 2.45) is 35.3 Å². The monoisotopic (exact) mass is 1160 g/mol. The SMILES string of the molecule is CC(C)C[C@H](NC(=O)[C@H](Cc1ccc(O)cc1)NC(=O)[C@@H](NC(=O)[C@H](CC(C)C)NC(=O)[C@@H](NC(=O)[C@@H](N)CC(C)C)C(C)C)[C@@H](C)O)C(=O)N[C@@H](C)C(=O)N[C@H](C(=O)N[C@@H](C)C(=O)C(=O)OC(C)(C)C)C(C)C.O=C(O)C(F)(F)F. The van der Waals surface area contributed by atoms with Gasteiger partial charge in [0.2, 0.25) is 47.3 Å². The van der Waals surface area contributed by atoms with Gasteiger partial charge in [0.15, 0.2) is 0 Å². The van der Waals surface area contributed by atoms with Crippen molar-refractivity contribution in [2.75, 3.05) is 0 Å². The van der Waals surface area contributed by atoms with Gasteiger partial charge < -0.3 is 68.3 Å². The van der Waals surface area contributed by atoms with Gasteiger partial charge >= 0.3 is 18.1 Å². The zero-order valence-electron chi connectivity index (χ0n) is 49.2. The third-order valence-electron chi connectivity index (χ3n) is 11.7. The van der Waals surface area contributed by atoms with E-state index in [1.54, 1.807) is 76.2 Å². The molecular weight excluding hydrogens is 1070 g/mol. The molecule has 10 atom stereocenters. The summed E-state index contributed by atoms with van der Waals surface area (Å²) in [6.45, 7) is 26.3. The topological polar surface area (TPSA) is 380 Å². The van der Waals surface area contributed by atoms with Gasteiger partial charge in [-0.3, -0.25) is 43.2 Å². The van der Waals surface area contributed by atoms with Gasteiger partial charge in [0.25, 0.3) is 5.78 Å². The summed E-state index contributed by atoms with van der Waals surface area (Å²) in [5.41, 5.74) is 5.58. The van der Waals surface area contributed by atoms with Gasteiger partial charge in [-0.25, -0.2) is 9.59 Å². The first-order chi connectivity index (χ1) is 37.0. The maximum Gasteiger partial charge on any atom is 0.490 e. The van der Waals surface area contributed by atoms with E-state index in [0.717, 1.165) is 0 Å². The summed E-state index contributed by atoms with van der Waals surface area (Å²) in [4.78, 5) is 144. The van der Waals surface area contributed by atoms with Crippen LogP contribution in [0.4, 0.5) is 13.2 Å². The van der Waals surface area contributed by atoms with E-state index in [-0.39, 0.29) is 42.8 Å². The Morgan fingerprint density at radius 3 is 1.27 bits per heavy atom. The van der Waals surface area contributed by atoms with Gasteiger partial charge in [0, 0.05) is 6.42 Å². The van der Waals surface area contributed by atoms with Crippen molar-refractivity contribution in [3.63, 3.8) is 0 Å². The second kappa shape index (κ2) is 33.8. The van der Waals surface area contributed by atoms with E-state index in [0.29, 0.717) is 12.0 Å². The molecule has 0 aromatic heterocycles. The van der Waals surface area contributed by atoms with Crippen LogP contribution in [0.15, 0.2) is 24.3 Å². The van der Waals surface area contributed by atoms with Crippen molar-refractivity contribution >= 4 is 65.0 Å². The van der Waals surface area contributed by atoms with E-state index in [4.69, 9.17) is 20.4 Å². The molecule has 0 bridgehead atoms. The summed E-state index contributed by atoms with van der Waals surface area (Å²) in [7, 11) is 0. The minimum atomic E-state index is -5.08. The Labute approximate surface area is 471 Å². The van der Waals surface area contributed by atoms with Crippen LogP contribution >= 0.6 is 0 Å². The molecule has 81 heavy (non-hydrogen) atoms. The number of carboxylic acid groups (broad SMARTS) is 1. The molecule has 0 radical (unpaired) electrons. The first-order valence-corrected chi connectivity index (χ1v) is 26.7. The summed E-state index contributed by atoms with van der Waals surface area (Å²) in [6, 6.07) is -5.68. The van der Waals surface area contributed by atoms with Crippen LogP contribution in [0.2, 0.25) is 0 Å². The van der Waals surface area contributed by atoms with Crippen LogP contribution in [0.3, 0.4) is 0 Å². The lowest BCUT2D eigenvalue weighted by molar-refractivity contribution is -0.192. The fourth-order valence-corrected chi connectivity index (χ4v) is 7.41. The molecule has 1 aromatic rings. The second-order valence-corrected chi connectivity index (χ2v) is 22.9. The first kappa shape index (κ1) is 74.1. The highest BCUT2D eigenvalue weighted by Crippen LogP contribution is 2.16. The van der Waals surface area contributed by atoms with Crippen LogP contribution in [-0.2, 0) is 63.9 Å². The number of alkyl halides is 3. The number of aliphatic carboxylic acids is 1. The molecule has 460 valence electrons. The molecule has 0 heterocycles. The lowest BCUT2D eigenvalue weighted by atomic mass is 9.98. The van der Waals surface area contributed by atoms with Crippen molar-refractivity contribution in [1.82, 2.24) is 42.5 Å². The number of carbonyl (C=O) groups is 11. The molecule has 8 amide bonds. The predicted molar refractivity (Wildman–Crippen MR) is 291 cm³/mol. The van der Waals surface area contributed by atoms with Gasteiger partial charge in [-0.05, 0) is 108 Å². The molecule has 27 heteroatoms. The number of halogens is 3. The van der Waals surface area contributed by atoms with Crippen LogP contribution in [0.1, 0.15) is 136 Å². The lowest BCUT2D eigenvalue weighted by Crippen LogP contribution is -2.62. The Bertz CT molecular complexity index is 2310. The normalized spacial score (nSPS) is 15.4. The summed E-state index contributed by atoms with van der Waals surface area (Å²) >= 11 is 0.